The molecule has 0 heterocycles. The Morgan fingerprint density at radius 2 is 2.00 bits per heavy atom. The molecule has 6 heteroatoms. The van der Waals surface area contributed by atoms with E-state index in [-0.39, 0.29) is 5.91 Å². The van der Waals surface area contributed by atoms with E-state index >= 15 is 0 Å². The van der Waals surface area contributed by atoms with E-state index in [1.54, 1.807) is 50.6 Å². The van der Waals surface area contributed by atoms with Crippen LogP contribution in [0.15, 0.2) is 46.9 Å². The number of methoxy groups -OCH3 is 2. The van der Waals surface area contributed by atoms with Crippen LogP contribution in [0.2, 0.25) is 5.02 Å². The number of halogens is 2. The molecule has 120 valence electrons. The van der Waals surface area contributed by atoms with Crippen molar-refractivity contribution in [2.24, 2.45) is 0 Å². The van der Waals surface area contributed by atoms with E-state index in [4.69, 9.17) is 21.1 Å². The zero-order chi connectivity index (χ0) is 16.8. The summed E-state index contributed by atoms with van der Waals surface area (Å²) >= 11 is 9.29. The number of amides is 1. The van der Waals surface area contributed by atoms with E-state index in [9.17, 15) is 4.79 Å². The Morgan fingerprint density at radius 1 is 1.22 bits per heavy atom. The molecule has 2 aromatic carbocycles. The van der Waals surface area contributed by atoms with Gasteiger partial charge in [0.05, 0.1) is 18.7 Å². The fraction of sp³-hybridized carbons (Fsp3) is 0.118. The Hall–Kier alpha value is -1.98. The number of ether oxygens (including phenoxy) is 2. The lowest BCUT2D eigenvalue weighted by atomic mass is 10.2. The molecule has 0 fully saturated rings. The number of nitrogens with one attached hydrogen (secondary N) is 1. The second-order valence-electron chi connectivity index (χ2n) is 4.57. The Bertz CT molecular complexity index is 747. The van der Waals surface area contributed by atoms with Gasteiger partial charge in [-0.2, -0.15) is 0 Å². The average molecular weight is 397 g/mol. The summed E-state index contributed by atoms with van der Waals surface area (Å²) in [5, 5.41) is 3.31. The van der Waals surface area contributed by atoms with Crippen molar-refractivity contribution >= 4 is 45.2 Å². The van der Waals surface area contributed by atoms with E-state index in [0.29, 0.717) is 22.2 Å². The summed E-state index contributed by atoms with van der Waals surface area (Å²) in [7, 11) is 3.13. The van der Waals surface area contributed by atoms with Crippen molar-refractivity contribution in [1.29, 1.82) is 0 Å². The molecular weight excluding hydrogens is 382 g/mol. The molecule has 0 saturated carbocycles. The molecule has 0 saturated heterocycles. The van der Waals surface area contributed by atoms with Gasteiger partial charge in [-0.25, -0.2) is 0 Å². The Morgan fingerprint density at radius 3 is 2.65 bits per heavy atom. The minimum absolute atomic E-state index is 0.252. The van der Waals surface area contributed by atoms with Crippen LogP contribution < -0.4 is 14.8 Å². The average Bonchev–Trinajstić information content (AvgIpc) is 2.52. The fourth-order valence-corrected chi connectivity index (χ4v) is 2.77. The van der Waals surface area contributed by atoms with Gasteiger partial charge < -0.3 is 14.8 Å². The van der Waals surface area contributed by atoms with Gasteiger partial charge in [-0.1, -0.05) is 17.7 Å². The molecule has 0 aliphatic carbocycles. The first-order chi connectivity index (χ1) is 11.0. The van der Waals surface area contributed by atoms with E-state index in [2.05, 4.69) is 21.2 Å². The van der Waals surface area contributed by atoms with E-state index in [0.717, 1.165) is 10.0 Å². The Kier molecular flexibility index (Phi) is 6.07. The van der Waals surface area contributed by atoms with Gasteiger partial charge in [0.25, 0.3) is 0 Å². The predicted octanol–water partition coefficient (Wildman–Crippen LogP) is 4.77. The number of rotatable bonds is 5. The number of benzene rings is 2. The Labute approximate surface area is 148 Å². The predicted molar refractivity (Wildman–Crippen MR) is 96.4 cm³/mol. The van der Waals surface area contributed by atoms with Crippen molar-refractivity contribution in [3.63, 3.8) is 0 Å². The second kappa shape index (κ2) is 8.04. The summed E-state index contributed by atoms with van der Waals surface area (Å²) < 4.78 is 11.3. The highest BCUT2D eigenvalue weighted by Crippen LogP contribution is 2.36. The third-order valence-electron chi connectivity index (χ3n) is 2.98. The minimum atomic E-state index is -0.252. The molecule has 0 spiro atoms. The van der Waals surface area contributed by atoms with Crippen molar-refractivity contribution < 1.29 is 14.3 Å². The molecule has 1 N–H and O–H groups in total. The normalized spacial score (nSPS) is 10.6. The summed E-state index contributed by atoms with van der Waals surface area (Å²) in [5.74, 6) is 0.933. The summed E-state index contributed by atoms with van der Waals surface area (Å²) in [4.78, 5) is 12.0. The van der Waals surface area contributed by atoms with Crippen LogP contribution >= 0.6 is 27.5 Å². The highest BCUT2D eigenvalue weighted by Gasteiger charge is 2.09. The molecule has 23 heavy (non-hydrogen) atoms. The number of carbonyl (C=O) groups excluding carboxylic acids is 1. The van der Waals surface area contributed by atoms with E-state index in [1.807, 2.05) is 6.07 Å². The summed E-state index contributed by atoms with van der Waals surface area (Å²) in [6.07, 6.45) is 3.13. The molecule has 0 radical (unpaired) electrons. The highest BCUT2D eigenvalue weighted by atomic mass is 79.9. The van der Waals surface area contributed by atoms with Gasteiger partial charge in [0.1, 0.15) is 0 Å². The Balaban J connectivity index is 2.13. The summed E-state index contributed by atoms with van der Waals surface area (Å²) in [6.45, 7) is 0. The largest absolute Gasteiger partial charge is 0.493 e. The number of carbonyl (C=O) groups is 1. The van der Waals surface area contributed by atoms with E-state index in [1.165, 1.54) is 6.08 Å². The molecule has 1 amide bonds. The maximum atomic E-state index is 12.0. The molecule has 0 aromatic heterocycles. The highest BCUT2D eigenvalue weighted by molar-refractivity contribution is 9.10. The van der Waals surface area contributed by atoms with Crippen LogP contribution in [0.4, 0.5) is 5.69 Å². The van der Waals surface area contributed by atoms with Crippen LogP contribution in [0, 0.1) is 0 Å². The van der Waals surface area contributed by atoms with Crippen LogP contribution in [0.25, 0.3) is 6.08 Å². The first-order valence-corrected chi connectivity index (χ1v) is 7.86. The van der Waals surface area contributed by atoms with Crippen molar-refractivity contribution in [3.05, 3.63) is 57.5 Å². The van der Waals surface area contributed by atoms with Crippen LogP contribution in [0.1, 0.15) is 5.56 Å². The molecule has 0 aliphatic rings. The maximum Gasteiger partial charge on any atom is 0.248 e. The first-order valence-electron chi connectivity index (χ1n) is 6.69. The van der Waals surface area contributed by atoms with Crippen LogP contribution in [0.5, 0.6) is 11.5 Å². The van der Waals surface area contributed by atoms with Crippen LogP contribution in [-0.2, 0) is 4.79 Å². The molecule has 2 aromatic rings. The van der Waals surface area contributed by atoms with Gasteiger partial charge in [-0.05, 0) is 57.9 Å². The lowest BCUT2D eigenvalue weighted by Crippen LogP contribution is -2.07. The van der Waals surface area contributed by atoms with Crippen molar-refractivity contribution in [2.45, 2.75) is 0 Å². The molecule has 4 nitrogen and oxygen atoms in total. The van der Waals surface area contributed by atoms with Crippen LogP contribution in [0.3, 0.4) is 0 Å². The van der Waals surface area contributed by atoms with Gasteiger partial charge in [0.15, 0.2) is 11.5 Å². The molecule has 0 bridgehead atoms. The topological polar surface area (TPSA) is 47.6 Å². The molecule has 0 unspecified atom stereocenters. The van der Waals surface area contributed by atoms with Gasteiger partial charge in [0.2, 0.25) is 5.91 Å². The van der Waals surface area contributed by atoms with Crippen molar-refractivity contribution in [1.82, 2.24) is 0 Å². The van der Waals surface area contributed by atoms with Gasteiger partial charge in [-0.15, -0.1) is 0 Å². The van der Waals surface area contributed by atoms with Gasteiger partial charge >= 0.3 is 0 Å². The third kappa shape index (κ3) is 4.74. The maximum absolute atomic E-state index is 12.0. The number of hydrogen-bond acceptors (Lipinski definition) is 3. The summed E-state index contributed by atoms with van der Waals surface area (Å²) in [6, 6.07) is 10.6. The standard InChI is InChI=1S/C17H15BrClNO3/c1-22-15-9-11(8-14(18)17(15)23-2)6-7-16(21)20-13-5-3-4-12(19)10-13/h3-10H,1-2H3,(H,20,21)/b7-6+. The first kappa shape index (κ1) is 17.4. The number of hydrogen-bond donors (Lipinski definition) is 1. The lowest BCUT2D eigenvalue weighted by Gasteiger charge is -2.10. The fourth-order valence-electron chi connectivity index (χ4n) is 1.96. The SMILES string of the molecule is COc1cc(/C=C/C(=O)Nc2cccc(Cl)c2)cc(Br)c1OC. The quantitative estimate of drug-likeness (QED) is 0.741. The van der Waals surface area contributed by atoms with Crippen molar-refractivity contribution in [2.75, 3.05) is 19.5 Å². The zero-order valence-electron chi connectivity index (χ0n) is 12.6. The number of anilines is 1. The monoisotopic (exact) mass is 395 g/mol. The molecule has 0 aliphatic heterocycles. The summed E-state index contributed by atoms with van der Waals surface area (Å²) in [5.41, 5.74) is 1.44. The van der Waals surface area contributed by atoms with Crippen LogP contribution in [-0.4, -0.2) is 20.1 Å². The molecule has 0 atom stereocenters. The molecular formula is C17H15BrClNO3. The second-order valence-corrected chi connectivity index (χ2v) is 5.86. The third-order valence-corrected chi connectivity index (χ3v) is 3.80. The minimum Gasteiger partial charge on any atom is -0.493 e. The van der Waals surface area contributed by atoms with Crippen molar-refractivity contribution in [3.8, 4) is 11.5 Å². The molecule has 2 rings (SSSR count). The smallest absolute Gasteiger partial charge is 0.248 e. The zero-order valence-corrected chi connectivity index (χ0v) is 14.9. The van der Waals surface area contributed by atoms with E-state index < -0.39 is 0 Å². The van der Waals surface area contributed by atoms with Gasteiger partial charge in [0, 0.05) is 16.8 Å². The lowest BCUT2D eigenvalue weighted by molar-refractivity contribution is -0.111. The van der Waals surface area contributed by atoms with Gasteiger partial charge in [-0.3, -0.25) is 4.79 Å².